The minimum Gasteiger partial charge on any atom is -0.493 e. The Hall–Kier alpha value is -3.36. The summed E-state index contributed by atoms with van der Waals surface area (Å²) in [5, 5.41) is 4.99. The summed E-state index contributed by atoms with van der Waals surface area (Å²) in [7, 11) is 5.59. The van der Waals surface area contributed by atoms with E-state index in [0.29, 0.717) is 0 Å². The molecule has 2 N–H and O–H groups in total. The highest BCUT2D eigenvalue weighted by Gasteiger charge is 2.20. The average Bonchev–Trinajstić information content (AvgIpc) is 2.66. The highest BCUT2D eigenvalue weighted by molar-refractivity contribution is 6.06. The predicted molar refractivity (Wildman–Crippen MR) is 91.6 cm³/mol. The third kappa shape index (κ3) is 3.82. The first kappa shape index (κ1) is 19.0. The molecule has 0 radical (unpaired) electrons. The van der Waals surface area contributed by atoms with Crippen LogP contribution >= 0.6 is 0 Å². The largest absolute Gasteiger partial charge is 0.493 e. The zero-order valence-electron chi connectivity index (χ0n) is 14.7. The minimum atomic E-state index is -0.823. The first-order valence-corrected chi connectivity index (χ1v) is 7.44. The van der Waals surface area contributed by atoms with E-state index in [1.165, 1.54) is 40.5 Å². The van der Waals surface area contributed by atoms with E-state index in [1.807, 2.05) is 0 Å². The molecule has 138 valence electrons. The number of methoxy groups -OCH3 is 3. The molecule has 0 saturated heterocycles. The molecule has 26 heavy (non-hydrogen) atoms. The van der Waals surface area contributed by atoms with Crippen LogP contribution < -0.4 is 24.8 Å². The number of halogens is 1. The summed E-state index contributed by atoms with van der Waals surface area (Å²) < 4.78 is 29.3. The highest BCUT2D eigenvalue weighted by atomic mass is 19.1. The van der Waals surface area contributed by atoms with E-state index >= 15 is 0 Å². The Morgan fingerprint density at radius 1 is 1.04 bits per heavy atom. The molecule has 2 aromatic rings. The first-order chi connectivity index (χ1) is 12.4. The molecular formula is C17H18FN3O5. The van der Waals surface area contributed by atoms with Crippen LogP contribution in [-0.4, -0.2) is 45.2 Å². The number of benzene rings is 1. The summed E-state index contributed by atoms with van der Waals surface area (Å²) in [5.74, 6) is -1.47. The summed E-state index contributed by atoms with van der Waals surface area (Å²) in [6, 6.07) is 4.02. The van der Waals surface area contributed by atoms with Crippen molar-refractivity contribution in [2.24, 2.45) is 0 Å². The van der Waals surface area contributed by atoms with Crippen molar-refractivity contribution in [3.05, 3.63) is 41.3 Å². The van der Waals surface area contributed by atoms with Crippen molar-refractivity contribution in [1.29, 1.82) is 0 Å². The van der Waals surface area contributed by atoms with Gasteiger partial charge in [0.1, 0.15) is 0 Å². The van der Waals surface area contributed by atoms with Crippen LogP contribution in [0.25, 0.3) is 0 Å². The lowest BCUT2D eigenvalue weighted by Crippen LogP contribution is -2.19. The zero-order chi connectivity index (χ0) is 19.3. The standard InChI is InChI=1S/C17H18FN3O5/c1-19-16(22)9-5-12(15(26-4)13(6-9)24-2)21-17(23)10-7-14(25-3)20-8-11(10)18/h5-8H,1-4H3,(H,19,22)(H,21,23). The van der Waals surface area contributed by atoms with E-state index in [2.05, 4.69) is 15.6 Å². The number of carbonyl (C=O) groups is 2. The molecule has 8 nitrogen and oxygen atoms in total. The van der Waals surface area contributed by atoms with E-state index in [9.17, 15) is 14.0 Å². The van der Waals surface area contributed by atoms with Gasteiger partial charge in [0.2, 0.25) is 5.88 Å². The third-order valence-corrected chi connectivity index (χ3v) is 3.50. The number of hydrogen-bond acceptors (Lipinski definition) is 6. The van der Waals surface area contributed by atoms with Crippen molar-refractivity contribution < 1.29 is 28.2 Å². The Morgan fingerprint density at radius 3 is 2.35 bits per heavy atom. The van der Waals surface area contributed by atoms with E-state index in [0.717, 1.165) is 12.3 Å². The van der Waals surface area contributed by atoms with Gasteiger partial charge >= 0.3 is 0 Å². The molecule has 0 aliphatic rings. The Balaban J connectivity index is 2.47. The van der Waals surface area contributed by atoms with Crippen LogP contribution in [0.3, 0.4) is 0 Å². The molecule has 1 aromatic carbocycles. The van der Waals surface area contributed by atoms with E-state index in [1.54, 1.807) is 0 Å². The lowest BCUT2D eigenvalue weighted by molar-refractivity contribution is 0.0960. The van der Waals surface area contributed by atoms with E-state index in [-0.39, 0.29) is 34.2 Å². The molecule has 0 saturated carbocycles. The van der Waals surface area contributed by atoms with Crippen molar-refractivity contribution in [3.8, 4) is 17.4 Å². The van der Waals surface area contributed by atoms with Crippen molar-refractivity contribution in [2.75, 3.05) is 33.7 Å². The molecule has 0 bridgehead atoms. The molecule has 1 aromatic heterocycles. The number of nitrogens with zero attached hydrogens (tertiary/aromatic N) is 1. The van der Waals surface area contributed by atoms with Gasteiger partial charge in [0.25, 0.3) is 11.8 Å². The van der Waals surface area contributed by atoms with Gasteiger partial charge in [0.05, 0.1) is 38.8 Å². The summed E-state index contributed by atoms with van der Waals surface area (Å²) in [4.78, 5) is 28.1. The third-order valence-electron chi connectivity index (χ3n) is 3.50. The van der Waals surface area contributed by atoms with Crippen LogP contribution in [0, 0.1) is 5.82 Å². The van der Waals surface area contributed by atoms with Gasteiger partial charge in [-0.25, -0.2) is 9.37 Å². The minimum absolute atomic E-state index is 0.0835. The molecule has 9 heteroatoms. The number of aromatic nitrogens is 1. The molecule has 0 atom stereocenters. The van der Waals surface area contributed by atoms with Crippen LogP contribution in [0.2, 0.25) is 0 Å². The van der Waals surface area contributed by atoms with Gasteiger partial charge in [-0.3, -0.25) is 9.59 Å². The number of amides is 2. The second-order valence-corrected chi connectivity index (χ2v) is 5.00. The fourth-order valence-corrected chi connectivity index (χ4v) is 2.23. The SMILES string of the molecule is CNC(=O)c1cc(NC(=O)c2cc(OC)ncc2F)c(OC)c(OC)c1. The van der Waals surface area contributed by atoms with Gasteiger partial charge < -0.3 is 24.8 Å². The highest BCUT2D eigenvalue weighted by Crippen LogP contribution is 2.37. The van der Waals surface area contributed by atoms with Gasteiger partial charge in [-0.15, -0.1) is 0 Å². The Bertz CT molecular complexity index is 841. The van der Waals surface area contributed by atoms with Gasteiger partial charge in [0, 0.05) is 18.7 Å². The predicted octanol–water partition coefficient (Wildman–Crippen LogP) is 1.86. The molecule has 0 aliphatic heterocycles. The smallest absolute Gasteiger partial charge is 0.259 e. The number of hydrogen-bond donors (Lipinski definition) is 2. The Labute approximate surface area is 149 Å². The quantitative estimate of drug-likeness (QED) is 0.813. The van der Waals surface area contributed by atoms with Crippen molar-refractivity contribution in [2.45, 2.75) is 0 Å². The molecule has 1 heterocycles. The van der Waals surface area contributed by atoms with Crippen molar-refractivity contribution in [1.82, 2.24) is 10.3 Å². The zero-order valence-corrected chi connectivity index (χ0v) is 14.7. The molecule has 2 rings (SSSR count). The van der Waals surface area contributed by atoms with Gasteiger partial charge in [-0.05, 0) is 12.1 Å². The normalized spacial score (nSPS) is 10.0. The number of pyridine rings is 1. The summed E-state index contributed by atoms with van der Waals surface area (Å²) in [6.07, 6.45) is 0.881. The van der Waals surface area contributed by atoms with Crippen LogP contribution in [0.1, 0.15) is 20.7 Å². The van der Waals surface area contributed by atoms with Crippen molar-refractivity contribution >= 4 is 17.5 Å². The number of ether oxygens (including phenoxy) is 3. The number of rotatable bonds is 6. The summed E-state index contributed by atoms with van der Waals surface area (Å²) in [6.45, 7) is 0. The maximum Gasteiger partial charge on any atom is 0.259 e. The number of anilines is 1. The van der Waals surface area contributed by atoms with Gasteiger partial charge in [-0.2, -0.15) is 0 Å². The second-order valence-electron chi connectivity index (χ2n) is 5.00. The van der Waals surface area contributed by atoms with E-state index in [4.69, 9.17) is 14.2 Å². The molecule has 2 amide bonds. The molecule has 0 aliphatic carbocycles. The topological polar surface area (TPSA) is 98.8 Å². The van der Waals surface area contributed by atoms with E-state index < -0.39 is 17.6 Å². The Morgan fingerprint density at radius 2 is 1.77 bits per heavy atom. The fraction of sp³-hybridized carbons (Fsp3) is 0.235. The van der Waals surface area contributed by atoms with Gasteiger partial charge in [0.15, 0.2) is 17.3 Å². The number of carbonyl (C=O) groups excluding carboxylic acids is 2. The lowest BCUT2D eigenvalue weighted by atomic mass is 10.1. The van der Waals surface area contributed by atoms with Crippen LogP contribution in [0.4, 0.5) is 10.1 Å². The van der Waals surface area contributed by atoms with Crippen LogP contribution in [-0.2, 0) is 0 Å². The molecule has 0 fully saturated rings. The number of nitrogens with one attached hydrogen (secondary N) is 2. The first-order valence-electron chi connectivity index (χ1n) is 7.44. The van der Waals surface area contributed by atoms with Crippen molar-refractivity contribution in [3.63, 3.8) is 0 Å². The fourth-order valence-electron chi connectivity index (χ4n) is 2.23. The second kappa shape index (κ2) is 8.15. The summed E-state index contributed by atoms with van der Waals surface area (Å²) >= 11 is 0. The molecular weight excluding hydrogens is 345 g/mol. The molecule has 0 spiro atoms. The summed E-state index contributed by atoms with van der Waals surface area (Å²) in [5.41, 5.74) is 0.0991. The Kier molecular flexibility index (Phi) is 5.94. The van der Waals surface area contributed by atoms with Gasteiger partial charge in [-0.1, -0.05) is 0 Å². The molecule has 0 unspecified atom stereocenters. The van der Waals surface area contributed by atoms with Crippen LogP contribution in [0.5, 0.6) is 17.4 Å². The van der Waals surface area contributed by atoms with Crippen LogP contribution in [0.15, 0.2) is 24.4 Å². The maximum atomic E-state index is 14.0. The lowest BCUT2D eigenvalue weighted by Gasteiger charge is -2.15. The maximum absolute atomic E-state index is 14.0. The average molecular weight is 363 g/mol. The monoisotopic (exact) mass is 363 g/mol.